The van der Waals surface area contributed by atoms with Gasteiger partial charge in [-0.2, -0.15) is 5.26 Å². The van der Waals surface area contributed by atoms with Crippen LogP contribution in [0.1, 0.15) is 21.6 Å². The number of hydrogen-bond donors (Lipinski definition) is 1. The first kappa shape index (κ1) is 12.7. The van der Waals surface area contributed by atoms with Gasteiger partial charge in [0.25, 0.3) is 5.91 Å². The highest BCUT2D eigenvalue weighted by Crippen LogP contribution is 2.01. The summed E-state index contributed by atoms with van der Waals surface area (Å²) < 4.78 is 0. The average Bonchev–Trinajstić information content (AvgIpc) is 2.48. The second-order valence-corrected chi connectivity index (χ2v) is 3.90. The summed E-state index contributed by atoms with van der Waals surface area (Å²) in [5, 5.41) is 11.5. The summed E-state index contributed by atoms with van der Waals surface area (Å²) in [6.07, 6.45) is 5.25. The van der Waals surface area contributed by atoms with Crippen LogP contribution in [-0.4, -0.2) is 22.4 Å². The molecule has 5 nitrogen and oxygen atoms in total. The summed E-state index contributed by atoms with van der Waals surface area (Å²) in [6, 6.07) is 9.13. The topological polar surface area (TPSA) is 78.7 Å². The maximum atomic E-state index is 11.8. The molecule has 0 aliphatic heterocycles. The van der Waals surface area contributed by atoms with E-state index in [1.807, 2.05) is 24.3 Å². The molecule has 0 aliphatic rings. The molecule has 0 saturated carbocycles. The summed E-state index contributed by atoms with van der Waals surface area (Å²) in [5.74, 6) is -0.236. The fourth-order valence-corrected chi connectivity index (χ4v) is 1.58. The van der Waals surface area contributed by atoms with E-state index in [0.717, 1.165) is 5.69 Å². The Bertz CT molecular complexity index is 604. The quantitative estimate of drug-likeness (QED) is 0.890. The number of nitrogens with zero attached hydrogens (tertiary/aromatic N) is 3. The predicted molar refractivity (Wildman–Crippen MR) is 69.2 cm³/mol. The number of nitrogens with one attached hydrogen (secondary N) is 1. The maximum Gasteiger partial charge on any atom is 0.252 e. The fourth-order valence-electron chi connectivity index (χ4n) is 1.58. The third-order valence-corrected chi connectivity index (χ3v) is 2.52. The van der Waals surface area contributed by atoms with Crippen LogP contribution in [0, 0.1) is 11.3 Å². The van der Waals surface area contributed by atoms with Crippen LogP contribution in [0.15, 0.2) is 42.9 Å². The second kappa shape index (κ2) is 6.26. The summed E-state index contributed by atoms with van der Waals surface area (Å²) in [5.41, 5.74) is 1.68. The van der Waals surface area contributed by atoms with Gasteiger partial charge in [0.15, 0.2) is 0 Å². The van der Waals surface area contributed by atoms with E-state index >= 15 is 0 Å². The van der Waals surface area contributed by atoms with E-state index in [-0.39, 0.29) is 5.91 Å². The molecule has 0 atom stereocenters. The number of amides is 1. The molecule has 19 heavy (non-hydrogen) atoms. The Hall–Kier alpha value is -2.74. The molecule has 5 heteroatoms. The van der Waals surface area contributed by atoms with Crippen molar-refractivity contribution in [3.05, 3.63) is 59.7 Å². The first-order valence-corrected chi connectivity index (χ1v) is 5.83. The van der Waals surface area contributed by atoms with E-state index in [1.165, 1.54) is 18.5 Å². The van der Waals surface area contributed by atoms with Crippen molar-refractivity contribution in [1.82, 2.24) is 15.3 Å². The number of hydrogen-bond acceptors (Lipinski definition) is 4. The Kier molecular flexibility index (Phi) is 4.19. The third kappa shape index (κ3) is 3.61. The number of aromatic nitrogens is 2. The Balaban J connectivity index is 1.89. The molecule has 2 aromatic rings. The van der Waals surface area contributed by atoms with Crippen LogP contribution >= 0.6 is 0 Å². The Morgan fingerprint density at radius 2 is 2.26 bits per heavy atom. The normalized spacial score (nSPS) is 9.63. The van der Waals surface area contributed by atoms with Crippen molar-refractivity contribution in [3.8, 4) is 6.07 Å². The Morgan fingerprint density at radius 3 is 3.00 bits per heavy atom. The molecular formula is C14H12N4O. The van der Waals surface area contributed by atoms with E-state index in [4.69, 9.17) is 5.26 Å². The molecule has 0 unspecified atom stereocenters. The highest BCUT2D eigenvalue weighted by atomic mass is 16.1. The summed E-state index contributed by atoms with van der Waals surface area (Å²) in [4.78, 5) is 19.8. The zero-order valence-corrected chi connectivity index (χ0v) is 10.2. The molecule has 0 saturated heterocycles. The molecule has 2 heterocycles. The van der Waals surface area contributed by atoms with Crippen molar-refractivity contribution in [1.29, 1.82) is 5.26 Å². The lowest BCUT2D eigenvalue weighted by Gasteiger charge is -2.04. The largest absolute Gasteiger partial charge is 0.352 e. The minimum Gasteiger partial charge on any atom is -0.352 e. The van der Waals surface area contributed by atoms with Crippen LogP contribution in [0.25, 0.3) is 0 Å². The Morgan fingerprint density at radius 1 is 1.37 bits per heavy atom. The Labute approximate surface area is 110 Å². The van der Waals surface area contributed by atoms with E-state index in [2.05, 4.69) is 15.3 Å². The van der Waals surface area contributed by atoms with Crippen LogP contribution in [0.4, 0.5) is 0 Å². The maximum absolute atomic E-state index is 11.8. The van der Waals surface area contributed by atoms with Gasteiger partial charge in [-0.25, -0.2) is 0 Å². The number of pyridine rings is 2. The lowest BCUT2D eigenvalue weighted by molar-refractivity contribution is 0.0953. The smallest absolute Gasteiger partial charge is 0.252 e. The van der Waals surface area contributed by atoms with Gasteiger partial charge in [-0.05, 0) is 18.2 Å². The van der Waals surface area contributed by atoms with Gasteiger partial charge in [-0.1, -0.05) is 6.07 Å². The van der Waals surface area contributed by atoms with Gasteiger partial charge in [-0.15, -0.1) is 0 Å². The van der Waals surface area contributed by atoms with Crippen LogP contribution in [0.2, 0.25) is 0 Å². The molecule has 2 aromatic heterocycles. The van der Waals surface area contributed by atoms with Crippen molar-refractivity contribution in [2.24, 2.45) is 0 Å². The SMILES string of the molecule is N#Cc1cncc(C(=O)NCCc2ccccn2)c1. The van der Waals surface area contributed by atoms with E-state index in [9.17, 15) is 4.79 Å². The molecule has 1 amide bonds. The van der Waals surface area contributed by atoms with Crippen molar-refractivity contribution >= 4 is 5.91 Å². The molecule has 0 aliphatic carbocycles. The van der Waals surface area contributed by atoms with Crippen LogP contribution in [0.5, 0.6) is 0 Å². The first-order chi connectivity index (χ1) is 9.29. The summed E-state index contributed by atoms with van der Waals surface area (Å²) in [6.45, 7) is 0.493. The molecule has 0 spiro atoms. The van der Waals surface area contributed by atoms with E-state index < -0.39 is 0 Å². The first-order valence-electron chi connectivity index (χ1n) is 5.83. The van der Waals surface area contributed by atoms with Gasteiger partial charge < -0.3 is 5.32 Å². The lowest BCUT2D eigenvalue weighted by atomic mass is 10.2. The van der Waals surface area contributed by atoms with Crippen LogP contribution in [-0.2, 0) is 6.42 Å². The van der Waals surface area contributed by atoms with Gasteiger partial charge in [0.2, 0.25) is 0 Å². The molecule has 0 fully saturated rings. The summed E-state index contributed by atoms with van der Waals surface area (Å²) in [7, 11) is 0. The molecule has 0 aromatic carbocycles. The zero-order valence-electron chi connectivity index (χ0n) is 10.2. The third-order valence-electron chi connectivity index (χ3n) is 2.52. The molecule has 0 radical (unpaired) electrons. The minimum atomic E-state index is -0.236. The standard InChI is InChI=1S/C14H12N4O/c15-8-11-7-12(10-16-9-11)14(19)18-6-4-13-3-1-2-5-17-13/h1-3,5,7,9-10H,4,6H2,(H,18,19). The van der Waals surface area contributed by atoms with Gasteiger partial charge in [0, 0.05) is 37.3 Å². The number of carbonyl (C=O) groups excluding carboxylic acids is 1. The fraction of sp³-hybridized carbons (Fsp3) is 0.143. The second-order valence-electron chi connectivity index (χ2n) is 3.90. The number of nitriles is 1. The highest BCUT2D eigenvalue weighted by molar-refractivity contribution is 5.94. The molecule has 0 bridgehead atoms. The van der Waals surface area contributed by atoms with Crippen LogP contribution in [0.3, 0.4) is 0 Å². The van der Waals surface area contributed by atoms with Gasteiger partial charge >= 0.3 is 0 Å². The van der Waals surface area contributed by atoms with Crippen molar-refractivity contribution in [3.63, 3.8) is 0 Å². The molecular weight excluding hydrogens is 240 g/mol. The lowest BCUT2D eigenvalue weighted by Crippen LogP contribution is -2.26. The van der Waals surface area contributed by atoms with Crippen LogP contribution < -0.4 is 5.32 Å². The zero-order chi connectivity index (χ0) is 13.5. The summed E-state index contributed by atoms with van der Waals surface area (Å²) >= 11 is 0. The predicted octanol–water partition coefficient (Wildman–Crippen LogP) is 1.32. The molecule has 1 N–H and O–H groups in total. The minimum absolute atomic E-state index is 0.236. The van der Waals surface area contributed by atoms with E-state index in [0.29, 0.717) is 24.1 Å². The average molecular weight is 252 g/mol. The van der Waals surface area contributed by atoms with Gasteiger partial charge in [0.05, 0.1) is 11.1 Å². The molecule has 2 rings (SSSR count). The van der Waals surface area contributed by atoms with Crippen molar-refractivity contribution in [2.75, 3.05) is 6.54 Å². The van der Waals surface area contributed by atoms with Crippen molar-refractivity contribution < 1.29 is 4.79 Å². The van der Waals surface area contributed by atoms with Gasteiger partial charge in [-0.3, -0.25) is 14.8 Å². The monoisotopic (exact) mass is 252 g/mol. The highest BCUT2D eigenvalue weighted by Gasteiger charge is 2.06. The number of carbonyl (C=O) groups is 1. The van der Waals surface area contributed by atoms with Gasteiger partial charge in [0.1, 0.15) is 6.07 Å². The van der Waals surface area contributed by atoms with E-state index in [1.54, 1.807) is 6.20 Å². The van der Waals surface area contributed by atoms with Crippen molar-refractivity contribution in [2.45, 2.75) is 6.42 Å². The number of rotatable bonds is 4. The molecule has 94 valence electrons.